The highest BCUT2D eigenvalue weighted by atomic mass is 19.1. The van der Waals surface area contributed by atoms with Gasteiger partial charge >= 0.3 is 6.09 Å². The normalized spacial score (nSPS) is 19.0. The quantitative estimate of drug-likeness (QED) is 0.329. The summed E-state index contributed by atoms with van der Waals surface area (Å²) in [4.78, 5) is 33.8. The Labute approximate surface area is 237 Å². The molecule has 7 nitrogen and oxygen atoms in total. The first-order valence-electron chi connectivity index (χ1n) is 13.7. The van der Waals surface area contributed by atoms with E-state index in [1.54, 1.807) is 33.9 Å². The van der Waals surface area contributed by atoms with Crippen LogP contribution in [0.4, 0.5) is 23.7 Å². The number of amides is 2. The molecule has 1 saturated carbocycles. The second kappa shape index (κ2) is 12.3. The van der Waals surface area contributed by atoms with E-state index in [4.69, 9.17) is 4.74 Å². The lowest BCUT2D eigenvalue weighted by molar-refractivity contribution is 0.0482. The fraction of sp³-hybridized carbons (Fsp3) is 0.419. The van der Waals surface area contributed by atoms with E-state index in [1.165, 1.54) is 6.20 Å². The number of benzene rings is 1. The van der Waals surface area contributed by atoms with Gasteiger partial charge in [0.25, 0.3) is 5.91 Å². The van der Waals surface area contributed by atoms with E-state index >= 15 is 0 Å². The number of carbonyl (C=O) groups is 2. The molecule has 2 amide bonds. The molecule has 0 radical (unpaired) electrons. The minimum Gasteiger partial charge on any atom is -0.444 e. The van der Waals surface area contributed by atoms with Gasteiger partial charge in [0, 0.05) is 12.2 Å². The third kappa shape index (κ3) is 7.42. The molecule has 3 aromatic rings. The molecule has 2 N–H and O–H groups in total. The van der Waals surface area contributed by atoms with Crippen LogP contribution >= 0.6 is 0 Å². The van der Waals surface area contributed by atoms with Crippen molar-refractivity contribution in [1.82, 2.24) is 15.3 Å². The van der Waals surface area contributed by atoms with Crippen molar-refractivity contribution in [2.75, 3.05) is 5.32 Å². The summed E-state index contributed by atoms with van der Waals surface area (Å²) < 4.78 is 49.6. The first-order valence-corrected chi connectivity index (χ1v) is 13.7. The number of rotatable bonds is 6. The number of aromatic nitrogens is 2. The largest absolute Gasteiger partial charge is 0.444 e. The summed E-state index contributed by atoms with van der Waals surface area (Å²) in [6.07, 6.45) is 5.30. The number of nitrogens with zero attached hydrogens (tertiary/aromatic N) is 2. The zero-order valence-electron chi connectivity index (χ0n) is 23.9. The molecular weight excluding hydrogens is 533 g/mol. The molecule has 0 aliphatic heterocycles. The van der Waals surface area contributed by atoms with Crippen LogP contribution < -0.4 is 10.6 Å². The number of aryl methyl sites for hydroxylation is 1. The van der Waals surface area contributed by atoms with E-state index in [0.29, 0.717) is 24.1 Å². The van der Waals surface area contributed by atoms with Gasteiger partial charge in [0.15, 0.2) is 0 Å². The lowest BCUT2D eigenvalue weighted by Crippen LogP contribution is -2.42. The molecule has 1 aromatic carbocycles. The van der Waals surface area contributed by atoms with Crippen molar-refractivity contribution < 1.29 is 27.5 Å². The molecule has 1 aliphatic rings. The third-order valence-corrected chi connectivity index (χ3v) is 7.03. The van der Waals surface area contributed by atoms with Crippen LogP contribution in [0.5, 0.6) is 0 Å². The summed E-state index contributed by atoms with van der Waals surface area (Å²) in [6.45, 7) is 9.26. The number of pyridine rings is 2. The Morgan fingerprint density at radius 3 is 2.39 bits per heavy atom. The predicted octanol–water partition coefficient (Wildman–Crippen LogP) is 7.17. The molecule has 3 atom stereocenters. The van der Waals surface area contributed by atoms with Crippen molar-refractivity contribution in [1.29, 1.82) is 0 Å². The van der Waals surface area contributed by atoms with Gasteiger partial charge in [0.1, 0.15) is 34.4 Å². The second-order valence-electron chi connectivity index (χ2n) is 11.6. The summed E-state index contributed by atoms with van der Waals surface area (Å²) in [7, 11) is 0. The fourth-order valence-electron chi connectivity index (χ4n) is 5.30. The Morgan fingerprint density at radius 1 is 1.02 bits per heavy atom. The number of hydrogen-bond donors (Lipinski definition) is 2. The van der Waals surface area contributed by atoms with E-state index in [1.807, 2.05) is 6.07 Å². The van der Waals surface area contributed by atoms with Gasteiger partial charge in [-0.25, -0.2) is 22.9 Å². The minimum absolute atomic E-state index is 0.00556. The average molecular weight is 569 g/mol. The second-order valence-corrected chi connectivity index (χ2v) is 11.6. The van der Waals surface area contributed by atoms with Crippen molar-refractivity contribution in [2.45, 2.75) is 77.9 Å². The summed E-state index contributed by atoms with van der Waals surface area (Å²) in [5, 5.41) is 5.75. The summed E-state index contributed by atoms with van der Waals surface area (Å²) in [5.41, 5.74) is -0.360. The molecular formula is C31H35F3N4O3. The minimum atomic E-state index is -0.957. The van der Waals surface area contributed by atoms with Crippen LogP contribution in [0.25, 0.3) is 11.3 Å². The molecule has 1 aliphatic carbocycles. The lowest BCUT2D eigenvalue weighted by atomic mass is 9.76. The van der Waals surface area contributed by atoms with Crippen molar-refractivity contribution >= 4 is 17.7 Å². The van der Waals surface area contributed by atoms with Crippen LogP contribution in [-0.2, 0) is 11.2 Å². The van der Waals surface area contributed by atoms with Gasteiger partial charge in [-0.1, -0.05) is 13.8 Å². The Balaban J connectivity index is 1.56. The van der Waals surface area contributed by atoms with Crippen molar-refractivity contribution in [2.24, 2.45) is 5.92 Å². The highest BCUT2D eigenvalue weighted by Gasteiger charge is 2.31. The summed E-state index contributed by atoms with van der Waals surface area (Å²) in [6, 6.07) is 6.06. The Morgan fingerprint density at radius 2 is 1.73 bits per heavy atom. The first-order chi connectivity index (χ1) is 19.3. The molecule has 41 heavy (non-hydrogen) atoms. The van der Waals surface area contributed by atoms with Crippen LogP contribution in [0, 0.1) is 23.4 Å². The molecule has 218 valence electrons. The lowest BCUT2D eigenvalue weighted by Gasteiger charge is -2.35. The molecule has 0 spiro atoms. The van der Waals surface area contributed by atoms with Crippen LogP contribution in [0.1, 0.15) is 81.4 Å². The molecule has 10 heteroatoms. The van der Waals surface area contributed by atoms with Crippen molar-refractivity contribution in [3.05, 3.63) is 77.0 Å². The maximum atomic E-state index is 14.7. The molecule has 0 saturated heterocycles. The maximum Gasteiger partial charge on any atom is 0.407 e. The Hall–Kier alpha value is -3.95. The molecule has 0 bridgehead atoms. The van der Waals surface area contributed by atoms with Crippen LogP contribution in [0.3, 0.4) is 0 Å². The smallest absolute Gasteiger partial charge is 0.407 e. The van der Waals surface area contributed by atoms with E-state index in [-0.39, 0.29) is 23.6 Å². The maximum absolute atomic E-state index is 14.7. The number of alkyl carbamates (subject to hydrolysis) is 1. The van der Waals surface area contributed by atoms with Crippen LogP contribution in [0.2, 0.25) is 0 Å². The number of nitrogens with one attached hydrogen (secondary N) is 2. The molecule has 2 heterocycles. The highest BCUT2D eigenvalue weighted by Crippen LogP contribution is 2.39. The van der Waals surface area contributed by atoms with Gasteiger partial charge < -0.3 is 15.4 Å². The number of halogens is 3. The number of anilines is 1. The van der Waals surface area contributed by atoms with Gasteiger partial charge in [-0.2, -0.15) is 0 Å². The third-order valence-electron chi connectivity index (χ3n) is 7.03. The number of ether oxygens (including phenoxy) is 1. The van der Waals surface area contributed by atoms with Crippen molar-refractivity contribution in [3.63, 3.8) is 0 Å². The monoisotopic (exact) mass is 568 g/mol. The van der Waals surface area contributed by atoms with E-state index < -0.39 is 46.3 Å². The highest BCUT2D eigenvalue weighted by molar-refractivity contribution is 6.03. The Bertz CT molecular complexity index is 1420. The summed E-state index contributed by atoms with van der Waals surface area (Å²) in [5.74, 6) is -3.27. The fourth-order valence-corrected chi connectivity index (χ4v) is 5.30. The van der Waals surface area contributed by atoms with Gasteiger partial charge in [-0.05, 0) is 99.7 Å². The standard InChI is InChI=1S/C31H35F3N4O3/c1-6-18-13-23(33)27(24(34)14-18)28-22(32)7-8-25(37-28)29(39)38-26-16-35-10-9-21(26)19-11-17(2)12-20(15-19)36-30(40)41-31(3,4)5/h7-10,13-14,16-17,19-20H,6,11-12,15H2,1-5H3,(H,36,40)(H,38,39)/t17-,19?,20?/m0/s1. The van der Waals surface area contributed by atoms with Crippen LogP contribution in [-0.4, -0.2) is 33.6 Å². The van der Waals surface area contributed by atoms with Crippen molar-refractivity contribution in [3.8, 4) is 11.3 Å². The predicted molar refractivity (Wildman–Crippen MR) is 150 cm³/mol. The Kier molecular flexibility index (Phi) is 8.99. The van der Waals surface area contributed by atoms with Gasteiger partial charge in [-0.15, -0.1) is 0 Å². The molecule has 2 aromatic heterocycles. The summed E-state index contributed by atoms with van der Waals surface area (Å²) >= 11 is 0. The first kappa shape index (κ1) is 30.0. The molecule has 4 rings (SSSR count). The van der Waals surface area contributed by atoms with Gasteiger partial charge in [-0.3, -0.25) is 9.78 Å². The zero-order valence-corrected chi connectivity index (χ0v) is 23.9. The zero-order chi connectivity index (χ0) is 29.9. The van der Waals surface area contributed by atoms with Gasteiger partial charge in [0.2, 0.25) is 0 Å². The average Bonchev–Trinajstić information content (AvgIpc) is 2.88. The van der Waals surface area contributed by atoms with E-state index in [2.05, 4.69) is 27.5 Å². The number of carbonyl (C=O) groups excluding carboxylic acids is 2. The topological polar surface area (TPSA) is 93.2 Å². The van der Waals surface area contributed by atoms with E-state index in [0.717, 1.165) is 42.7 Å². The molecule has 1 fully saturated rings. The van der Waals surface area contributed by atoms with E-state index in [9.17, 15) is 22.8 Å². The SMILES string of the molecule is CCc1cc(F)c(-c2nc(C(=O)Nc3cnccc3C3CC(NC(=O)OC(C)(C)C)C[C@@H](C)C3)ccc2F)c(F)c1. The van der Waals surface area contributed by atoms with Crippen LogP contribution in [0.15, 0.2) is 42.7 Å². The van der Waals surface area contributed by atoms with Gasteiger partial charge in [0.05, 0.1) is 17.4 Å². The number of hydrogen-bond acceptors (Lipinski definition) is 5. The molecule has 2 unspecified atom stereocenters.